The average molecular weight is 302 g/mol. The van der Waals surface area contributed by atoms with Crippen LogP contribution in [0.5, 0.6) is 5.75 Å². The lowest BCUT2D eigenvalue weighted by Gasteiger charge is -2.27. The highest BCUT2D eigenvalue weighted by atomic mass is 16.4. The van der Waals surface area contributed by atoms with Crippen LogP contribution in [-0.4, -0.2) is 18.2 Å². The Morgan fingerprint density at radius 3 is 2.64 bits per heavy atom. The lowest BCUT2D eigenvalue weighted by atomic mass is 9.97. The molecule has 1 saturated heterocycles. The molecular weight excluding hydrogens is 278 g/mol. The van der Waals surface area contributed by atoms with Gasteiger partial charge in [0.25, 0.3) is 0 Å². The van der Waals surface area contributed by atoms with E-state index in [2.05, 4.69) is 6.92 Å². The first-order valence-corrected chi connectivity index (χ1v) is 8.05. The molecule has 0 bridgehead atoms. The standard InChI is InChI=1S/C18H23NO3/c1-11-4-6-19(7-5-11)10-14-9-15-12(2)8-16(20)22-18(15)13(3)17(14)21/h8-9,11,21H,4-7,10H2,1-3H3/p+1. The van der Waals surface area contributed by atoms with Gasteiger partial charge >= 0.3 is 5.63 Å². The van der Waals surface area contributed by atoms with Gasteiger partial charge in [-0.1, -0.05) is 6.92 Å². The summed E-state index contributed by atoms with van der Waals surface area (Å²) in [4.78, 5) is 13.1. The predicted octanol–water partition coefficient (Wildman–Crippen LogP) is 1.93. The normalized spacial score (nSPS) is 22.1. The summed E-state index contributed by atoms with van der Waals surface area (Å²) in [5, 5.41) is 11.4. The van der Waals surface area contributed by atoms with Gasteiger partial charge in [-0.25, -0.2) is 4.79 Å². The van der Waals surface area contributed by atoms with Gasteiger partial charge in [-0.05, 0) is 44.2 Å². The number of aromatic hydroxyl groups is 1. The Kier molecular flexibility index (Phi) is 3.96. The molecule has 1 fully saturated rings. The molecule has 4 heteroatoms. The van der Waals surface area contributed by atoms with E-state index in [0.29, 0.717) is 11.1 Å². The SMILES string of the molecule is Cc1cc(=O)oc2c(C)c(O)c(C[NH+]3CCC(C)CC3)cc12. The molecule has 1 aromatic heterocycles. The van der Waals surface area contributed by atoms with E-state index in [1.165, 1.54) is 23.8 Å². The van der Waals surface area contributed by atoms with E-state index < -0.39 is 0 Å². The van der Waals surface area contributed by atoms with Crippen LogP contribution in [-0.2, 0) is 6.54 Å². The maximum atomic E-state index is 11.5. The minimum absolute atomic E-state index is 0.271. The van der Waals surface area contributed by atoms with Crippen LogP contribution in [0.2, 0.25) is 0 Å². The number of hydrogen-bond acceptors (Lipinski definition) is 3. The van der Waals surface area contributed by atoms with Gasteiger partial charge in [-0.3, -0.25) is 0 Å². The van der Waals surface area contributed by atoms with Gasteiger partial charge < -0.3 is 14.4 Å². The zero-order valence-electron chi connectivity index (χ0n) is 13.5. The third-order valence-corrected chi connectivity index (χ3v) is 4.95. The second-order valence-electron chi connectivity index (χ2n) is 6.74. The summed E-state index contributed by atoms with van der Waals surface area (Å²) in [5.41, 5.74) is 2.66. The Bertz CT molecular complexity index is 755. The minimum atomic E-state index is -0.365. The maximum absolute atomic E-state index is 11.5. The minimum Gasteiger partial charge on any atom is -0.507 e. The summed E-state index contributed by atoms with van der Waals surface area (Å²) in [6.45, 7) is 9.17. The fourth-order valence-corrected chi connectivity index (χ4v) is 3.42. The average Bonchev–Trinajstić information content (AvgIpc) is 2.48. The number of benzene rings is 1. The van der Waals surface area contributed by atoms with Gasteiger partial charge in [0.2, 0.25) is 0 Å². The molecule has 1 aromatic carbocycles. The van der Waals surface area contributed by atoms with Gasteiger partial charge in [0, 0.05) is 22.6 Å². The van der Waals surface area contributed by atoms with Crippen molar-refractivity contribution >= 4 is 11.0 Å². The number of phenols is 1. The molecule has 118 valence electrons. The molecule has 0 aliphatic carbocycles. The van der Waals surface area contributed by atoms with Crippen LogP contribution in [0.3, 0.4) is 0 Å². The van der Waals surface area contributed by atoms with Gasteiger partial charge in [0.1, 0.15) is 17.9 Å². The van der Waals surface area contributed by atoms with Crippen molar-refractivity contribution in [2.24, 2.45) is 5.92 Å². The quantitative estimate of drug-likeness (QED) is 0.834. The van der Waals surface area contributed by atoms with Crippen molar-refractivity contribution in [2.75, 3.05) is 13.1 Å². The number of fused-ring (bicyclic) bond motifs is 1. The van der Waals surface area contributed by atoms with Crippen molar-refractivity contribution in [3.63, 3.8) is 0 Å². The Labute approximate surface area is 130 Å². The van der Waals surface area contributed by atoms with Gasteiger partial charge in [-0.15, -0.1) is 0 Å². The molecular formula is C18H24NO3+. The first-order chi connectivity index (χ1) is 10.5. The summed E-state index contributed by atoms with van der Waals surface area (Å²) in [5.74, 6) is 1.08. The Morgan fingerprint density at radius 1 is 1.27 bits per heavy atom. The van der Waals surface area contributed by atoms with Crippen molar-refractivity contribution in [3.05, 3.63) is 39.2 Å². The molecule has 3 rings (SSSR count). The van der Waals surface area contributed by atoms with Crippen LogP contribution < -0.4 is 10.5 Å². The van der Waals surface area contributed by atoms with Crippen LogP contribution in [0.4, 0.5) is 0 Å². The second kappa shape index (κ2) is 5.76. The van der Waals surface area contributed by atoms with Gasteiger partial charge in [-0.2, -0.15) is 0 Å². The number of hydrogen-bond donors (Lipinski definition) is 2. The Morgan fingerprint density at radius 2 is 1.95 bits per heavy atom. The molecule has 22 heavy (non-hydrogen) atoms. The topological polar surface area (TPSA) is 54.9 Å². The molecule has 0 saturated carbocycles. The molecule has 1 aliphatic heterocycles. The number of phenolic OH excluding ortho intramolecular Hbond substituents is 1. The fourth-order valence-electron chi connectivity index (χ4n) is 3.42. The van der Waals surface area contributed by atoms with Crippen molar-refractivity contribution < 1.29 is 14.4 Å². The van der Waals surface area contributed by atoms with Crippen molar-refractivity contribution in [1.82, 2.24) is 0 Å². The summed E-state index contributed by atoms with van der Waals surface area (Å²) >= 11 is 0. The molecule has 2 heterocycles. The maximum Gasteiger partial charge on any atom is 0.336 e. The zero-order valence-corrected chi connectivity index (χ0v) is 13.5. The predicted molar refractivity (Wildman–Crippen MR) is 86.4 cm³/mol. The Hall–Kier alpha value is -1.81. The van der Waals surface area contributed by atoms with E-state index in [1.807, 2.05) is 19.9 Å². The van der Waals surface area contributed by atoms with Crippen LogP contribution in [0.15, 0.2) is 21.3 Å². The molecule has 0 spiro atoms. The molecule has 2 N–H and O–H groups in total. The summed E-state index contributed by atoms with van der Waals surface area (Å²) in [6, 6.07) is 3.50. The molecule has 0 amide bonds. The second-order valence-corrected chi connectivity index (χ2v) is 6.74. The smallest absolute Gasteiger partial charge is 0.336 e. The molecule has 0 atom stereocenters. The van der Waals surface area contributed by atoms with E-state index in [4.69, 9.17) is 4.42 Å². The van der Waals surface area contributed by atoms with E-state index in [9.17, 15) is 9.90 Å². The third kappa shape index (κ3) is 2.75. The van der Waals surface area contributed by atoms with E-state index >= 15 is 0 Å². The third-order valence-electron chi connectivity index (χ3n) is 4.95. The molecule has 0 radical (unpaired) electrons. The Balaban J connectivity index is 2.00. The summed E-state index contributed by atoms with van der Waals surface area (Å²) < 4.78 is 5.29. The van der Waals surface area contributed by atoms with Crippen molar-refractivity contribution in [2.45, 2.75) is 40.2 Å². The van der Waals surface area contributed by atoms with E-state index in [-0.39, 0.29) is 11.4 Å². The summed E-state index contributed by atoms with van der Waals surface area (Å²) in [6.07, 6.45) is 2.49. The fraction of sp³-hybridized carbons (Fsp3) is 0.500. The first kappa shape index (κ1) is 15.1. The number of quaternary nitrogens is 1. The number of rotatable bonds is 2. The van der Waals surface area contributed by atoms with Crippen LogP contribution in [0, 0.1) is 19.8 Å². The number of nitrogens with one attached hydrogen (secondary N) is 1. The van der Waals surface area contributed by atoms with Crippen LogP contribution in [0.25, 0.3) is 11.0 Å². The molecule has 0 unspecified atom stereocenters. The lowest BCUT2D eigenvalue weighted by Crippen LogP contribution is -3.11. The highest BCUT2D eigenvalue weighted by Crippen LogP contribution is 2.31. The number of aryl methyl sites for hydroxylation is 2. The van der Waals surface area contributed by atoms with Crippen molar-refractivity contribution in [1.29, 1.82) is 0 Å². The zero-order chi connectivity index (χ0) is 15.9. The lowest BCUT2D eigenvalue weighted by molar-refractivity contribution is -0.919. The van der Waals surface area contributed by atoms with Gasteiger partial charge in [0.05, 0.1) is 13.1 Å². The first-order valence-electron chi connectivity index (χ1n) is 8.05. The van der Waals surface area contributed by atoms with Crippen LogP contribution >= 0.6 is 0 Å². The number of likely N-dealkylation sites (tertiary alicyclic amines) is 1. The monoisotopic (exact) mass is 302 g/mol. The van der Waals surface area contributed by atoms with Gasteiger partial charge in [0.15, 0.2) is 0 Å². The highest BCUT2D eigenvalue weighted by Gasteiger charge is 2.22. The van der Waals surface area contributed by atoms with Crippen molar-refractivity contribution in [3.8, 4) is 5.75 Å². The molecule has 1 aliphatic rings. The molecule has 2 aromatic rings. The highest BCUT2D eigenvalue weighted by molar-refractivity contribution is 5.85. The number of piperidine rings is 1. The van der Waals surface area contributed by atoms with E-state index in [0.717, 1.165) is 42.1 Å². The van der Waals surface area contributed by atoms with E-state index in [1.54, 1.807) is 0 Å². The summed E-state index contributed by atoms with van der Waals surface area (Å²) in [7, 11) is 0. The molecule has 4 nitrogen and oxygen atoms in total. The largest absolute Gasteiger partial charge is 0.507 e. The van der Waals surface area contributed by atoms with Crippen LogP contribution in [0.1, 0.15) is 36.5 Å².